The fourth-order valence-electron chi connectivity index (χ4n) is 3.55. The SMILES string of the molecule is COc1cccc(N2CCN(Cc3c(O)ccc4cc(Br)c(=O)oc34)CC2)c1. The maximum atomic E-state index is 11.9. The molecule has 2 aromatic carbocycles. The van der Waals surface area contributed by atoms with Crippen molar-refractivity contribution < 1.29 is 14.3 Å². The van der Waals surface area contributed by atoms with E-state index in [9.17, 15) is 9.90 Å². The van der Waals surface area contributed by atoms with Crippen LogP contribution in [0.2, 0.25) is 0 Å². The normalized spacial score (nSPS) is 15.1. The Morgan fingerprint density at radius 3 is 2.68 bits per heavy atom. The molecule has 3 aromatic rings. The Balaban J connectivity index is 1.51. The van der Waals surface area contributed by atoms with Gasteiger partial charge in [-0.2, -0.15) is 0 Å². The molecule has 1 saturated heterocycles. The summed E-state index contributed by atoms with van der Waals surface area (Å²) < 4.78 is 11.1. The maximum absolute atomic E-state index is 11.9. The summed E-state index contributed by atoms with van der Waals surface area (Å²) in [7, 11) is 1.67. The van der Waals surface area contributed by atoms with Gasteiger partial charge in [-0.15, -0.1) is 0 Å². The number of ether oxygens (including phenoxy) is 1. The first-order valence-corrected chi connectivity index (χ1v) is 9.90. The second kappa shape index (κ2) is 7.85. The minimum atomic E-state index is -0.442. The van der Waals surface area contributed by atoms with E-state index in [0.717, 1.165) is 43.0 Å². The third kappa shape index (κ3) is 3.72. The predicted octanol–water partition coefficient (Wildman–Crippen LogP) is 3.59. The molecule has 28 heavy (non-hydrogen) atoms. The molecule has 146 valence electrons. The fourth-order valence-corrected chi connectivity index (χ4v) is 3.88. The van der Waals surface area contributed by atoms with Gasteiger partial charge in [0.15, 0.2) is 0 Å². The van der Waals surface area contributed by atoms with Gasteiger partial charge in [-0.1, -0.05) is 6.07 Å². The Labute approximate surface area is 171 Å². The number of nitrogens with zero attached hydrogens (tertiary/aromatic N) is 2. The van der Waals surface area contributed by atoms with E-state index in [2.05, 4.69) is 31.8 Å². The highest BCUT2D eigenvalue weighted by Crippen LogP contribution is 2.30. The van der Waals surface area contributed by atoms with Gasteiger partial charge in [0.25, 0.3) is 0 Å². The first kappa shape index (κ1) is 18.8. The van der Waals surface area contributed by atoms with Crippen molar-refractivity contribution in [3.8, 4) is 11.5 Å². The Morgan fingerprint density at radius 1 is 1.14 bits per heavy atom. The quantitative estimate of drug-likeness (QED) is 0.620. The van der Waals surface area contributed by atoms with Crippen LogP contribution < -0.4 is 15.3 Å². The Bertz CT molecular complexity index is 1060. The number of benzene rings is 2. The molecule has 1 aromatic heterocycles. The molecular weight excluding hydrogens is 424 g/mol. The number of phenolic OH excluding ortho intramolecular Hbond substituents is 1. The van der Waals surface area contributed by atoms with Gasteiger partial charge < -0.3 is 19.2 Å². The Hall–Kier alpha value is -2.51. The molecule has 0 bridgehead atoms. The van der Waals surface area contributed by atoms with Crippen LogP contribution >= 0.6 is 15.9 Å². The summed E-state index contributed by atoms with van der Waals surface area (Å²) in [4.78, 5) is 16.5. The number of piperazine rings is 1. The topological polar surface area (TPSA) is 66.2 Å². The van der Waals surface area contributed by atoms with Gasteiger partial charge in [0.05, 0.1) is 12.7 Å². The molecule has 0 amide bonds. The number of halogens is 1. The molecule has 1 N–H and O–H groups in total. The van der Waals surface area contributed by atoms with E-state index in [-0.39, 0.29) is 5.75 Å². The number of phenols is 1. The molecule has 1 aliphatic heterocycles. The van der Waals surface area contributed by atoms with Crippen LogP contribution in [0.1, 0.15) is 5.56 Å². The van der Waals surface area contributed by atoms with Gasteiger partial charge in [-0.3, -0.25) is 4.90 Å². The summed E-state index contributed by atoms with van der Waals surface area (Å²) in [6.07, 6.45) is 0. The average Bonchev–Trinajstić information content (AvgIpc) is 2.72. The zero-order valence-corrected chi connectivity index (χ0v) is 17.1. The number of fused-ring (bicyclic) bond motifs is 1. The number of hydrogen-bond donors (Lipinski definition) is 1. The van der Waals surface area contributed by atoms with Crippen molar-refractivity contribution in [3.63, 3.8) is 0 Å². The fraction of sp³-hybridized carbons (Fsp3) is 0.286. The zero-order valence-electron chi connectivity index (χ0n) is 15.5. The van der Waals surface area contributed by atoms with Gasteiger partial charge in [0, 0.05) is 49.9 Å². The second-order valence-corrected chi connectivity index (χ2v) is 7.68. The minimum Gasteiger partial charge on any atom is -0.507 e. The highest BCUT2D eigenvalue weighted by molar-refractivity contribution is 9.10. The van der Waals surface area contributed by atoms with Crippen LogP contribution in [-0.2, 0) is 6.54 Å². The summed E-state index contributed by atoms with van der Waals surface area (Å²) in [5.74, 6) is 0.995. The largest absolute Gasteiger partial charge is 0.507 e. The molecule has 6 nitrogen and oxygen atoms in total. The smallest absolute Gasteiger partial charge is 0.350 e. The lowest BCUT2D eigenvalue weighted by atomic mass is 10.1. The van der Waals surface area contributed by atoms with E-state index in [0.29, 0.717) is 22.2 Å². The number of rotatable bonds is 4. The van der Waals surface area contributed by atoms with Crippen LogP contribution in [0, 0.1) is 0 Å². The summed E-state index contributed by atoms with van der Waals surface area (Å²) in [6.45, 7) is 3.95. The van der Waals surface area contributed by atoms with Gasteiger partial charge in [0.1, 0.15) is 21.6 Å². The molecular formula is C21H21BrN2O4. The van der Waals surface area contributed by atoms with Gasteiger partial charge in [0.2, 0.25) is 0 Å². The molecule has 0 unspecified atom stereocenters. The van der Waals surface area contributed by atoms with Gasteiger partial charge in [-0.05, 0) is 46.3 Å². The van der Waals surface area contributed by atoms with Gasteiger partial charge >= 0.3 is 5.63 Å². The molecule has 7 heteroatoms. The minimum absolute atomic E-state index is 0.146. The van der Waals surface area contributed by atoms with Crippen molar-refractivity contribution in [2.75, 3.05) is 38.2 Å². The molecule has 0 saturated carbocycles. The molecule has 1 aliphatic rings. The van der Waals surface area contributed by atoms with Crippen molar-refractivity contribution in [3.05, 3.63) is 62.9 Å². The van der Waals surface area contributed by atoms with E-state index in [1.165, 1.54) is 0 Å². The molecule has 2 heterocycles. The summed E-state index contributed by atoms with van der Waals surface area (Å²) in [5.41, 5.74) is 1.80. The van der Waals surface area contributed by atoms with Crippen molar-refractivity contribution in [2.45, 2.75) is 6.54 Å². The van der Waals surface area contributed by atoms with Crippen LogP contribution in [0.3, 0.4) is 0 Å². The standard InChI is InChI=1S/C21H21BrN2O4/c1-27-16-4-2-3-15(12-16)24-9-7-23(8-10-24)13-17-19(25)6-5-14-11-18(22)21(26)28-20(14)17/h2-6,11-12,25H,7-10,13H2,1H3. The lowest BCUT2D eigenvalue weighted by molar-refractivity contribution is 0.246. The third-order valence-electron chi connectivity index (χ3n) is 5.11. The number of hydrogen-bond acceptors (Lipinski definition) is 6. The molecule has 0 spiro atoms. The third-order valence-corrected chi connectivity index (χ3v) is 5.66. The monoisotopic (exact) mass is 444 g/mol. The molecule has 1 fully saturated rings. The van der Waals surface area contributed by atoms with Crippen molar-refractivity contribution in [2.24, 2.45) is 0 Å². The molecule has 0 radical (unpaired) electrons. The lowest BCUT2D eigenvalue weighted by Gasteiger charge is -2.36. The maximum Gasteiger partial charge on any atom is 0.350 e. The van der Waals surface area contributed by atoms with Crippen LogP contribution in [0.15, 0.2) is 56.1 Å². The molecule has 4 rings (SSSR count). The molecule has 0 aliphatic carbocycles. The first-order valence-electron chi connectivity index (χ1n) is 9.11. The Morgan fingerprint density at radius 2 is 1.93 bits per heavy atom. The highest BCUT2D eigenvalue weighted by atomic mass is 79.9. The average molecular weight is 445 g/mol. The lowest BCUT2D eigenvalue weighted by Crippen LogP contribution is -2.46. The zero-order chi connectivity index (χ0) is 19.7. The van der Waals surface area contributed by atoms with Crippen LogP contribution in [0.25, 0.3) is 11.0 Å². The first-order chi connectivity index (χ1) is 13.5. The highest BCUT2D eigenvalue weighted by Gasteiger charge is 2.21. The van der Waals surface area contributed by atoms with E-state index in [1.807, 2.05) is 18.2 Å². The van der Waals surface area contributed by atoms with Crippen LogP contribution in [0.5, 0.6) is 11.5 Å². The van der Waals surface area contributed by atoms with Crippen LogP contribution in [0.4, 0.5) is 5.69 Å². The summed E-state index contributed by atoms with van der Waals surface area (Å²) in [6, 6.07) is 13.2. The number of methoxy groups -OCH3 is 1. The van der Waals surface area contributed by atoms with Crippen LogP contribution in [-0.4, -0.2) is 43.3 Å². The number of aromatic hydroxyl groups is 1. The van der Waals surface area contributed by atoms with E-state index in [4.69, 9.17) is 9.15 Å². The van der Waals surface area contributed by atoms with Crippen molar-refractivity contribution >= 4 is 32.6 Å². The predicted molar refractivity (Wildman–Crippen MR) is 112 cm³/mol. The summed E-state index contributed by atoms with van der Waals surface area (Å²) in [5, 5.41) is 11.1. The van der Waals surface area contributed by atoms with E-state index in [1.54, 1.807) is 25.3 Å². The molecule has 0 atom stereocenters. The second-order valence-electron chi connectivity index (χ2n) is 6.83. The van der Waals surface area contributed by atoms with Gasteiger partial charge in [-0.25, -0.2) is 4.79 Å². The van der Waals surface area contributed by atoms with E-state index >= 15 is 0 Å². The van der Waals surface area contributed by atoms with Crippen molar-refractivity contribution in [1.29, 1.82) is 0 Å². The van der Waals surface area contributed by atoms with E-state index < -0.39 is 5.63 Å². The summed E-state index contributed by atoms with van der Waals surface area (Å²) >= 11 is 3.20. The van der Waals surface area contributed by atoms with Crippen molar-refractivity contribution in [1.82, 2.24) is 4.90 Å². The Kier molecular flexibility index (Phi) is 5.28. The number of anilines is 1.